The maximum absolute atomic E-state index is 11.6. The first kappa shape index (κ1) is 15.3. The van der Waals surface area contributed by atoms with Crippen molar-refractivity contribution in [2.45, 2.75) is 13.8 Å². The summed E-state index contributed by atoms with van der Waals surface area (Å²) in [7, 11) is 1.35. The number of carbonyl (C=O) groups excluding carboxylic acids is 1. The predicted octanol–water partition coefficient (Wildman–Crippen LogP) is 2.14. The van der Waals surface area contributed by atoms with Crippen molar-refractivity contribution >= 4 is 17.3 Å². The second-order valence-electron chi connectivity index (χ2n) is 4.69. The monoisotopic (exact) mass is 266 g/mol. The molecule has 0 bridgehead atoms. The van der Waals surface area contributed by atoms with Crippen LogP contribution in [0.15, 0.2) is 18.2 Å². The number of anilines is 2. The maximum atomic E-state index is 11.6. The third-order valence-electron chi connectivity index (χ3n) is 2.46. The van der Waals surface area contributed by atoms with Crippen molar-refractivity contribution in [3.05, 3.63) is 23.8 Å². The molecule has 0 amide bonds. The van der Waals surface area contributed by atoms with Gasteiger partial charge in [0.05, 0.1) is 19.3 Å². The van der Waals surface area contributed by atoms with Crippen LogP contribution >= 0.6 is 0 Å². The summed E-state index contributed by atoms with van der Waals surface area (Å²) in [4.78, 5) is 11.6. The Morgan fingerprint density at radius 2 is 2.16 bits per heavy atom. The molecule has 5 nitrogen and oxygen atoms in total. The van der Waals surface area contributed by atoms with Gasteiger partial charge in [-0.2, -0.15) is 0 Å². The van der Waals surface area contributed by atoms with Crippen molar-refractivity contribution in [1.29, 1.82) is 0 Å². The highest BCUT2D eigenvalue weighted by Gasteiger charge is 2.11. The third-order valence-corrected chi connectivity index (χ3v) is 2.46. The SMILES string of the molecule is COC(=O)c1cc(N)ccc1NCCOCC(C)C. The second-order valence-corrected chi connectivity index (χ2v) is 4.69. The molecule has 0 atom stereocenters. The zero-order chi connectivity index (χ0) is 14.3. The van der Waals surface area contributed by atoms with Gasteiger partial charge in [-0.1, -0.05) is 13.8 Å². The van der Waals surface area contributed by atoms with Gasteiger partial charge in [-0.05, 0) is 24.1 Å². The molecule has 0 radical (unpaired) electrons. The molecule has 3 N–H and O–H groups in total. The van der Waals surface area contributed by atoms with Crippen LogP contribution in [0.25, 0.3) is 0 Å². The van der Waals surface area contributed by atoms with Crippen LogP contribution < -0.4 is 11.1 Å². The van der Waals surface area contributed by atoms with Crippen molar-refractivity contribution in [1.82, 2.24) is 0 Å². The molecule has 0 fully saturated rings. The molecule has 1 aromatic rings. The first-order valence-electron chi connectivity index (χ1n) is 6.34. The highest BCUT2D eigenvalue weighted by Crippen LogP contribution is 2.19. The molecule has 0 heterocycles. The number of ether oxygens (including phenoxy) is 2. The van der Waals surface area contributed by atoms with Crippen LogP contribution in [-0.4, -0.2) is 32.8 Å². The van der Waals surface area contributed by atoms with Crippen LogP contribution in [0.5, 0.6) is 0 Å². The molecule has 0 saturated carbocycles. The molecule has 0 aromatic heterocycles. The lowest BCUT2D eigenvalue weighted by Crippen LogP contribution is -2.14. The first-order chi connectivity index (χ1) is 9.04. The number of nitrogens with one attached hydrogen (secondary N) is 1. The highest BCUT2D eigenvalue weighted by molar-refractivity contribution is 5.96. The Morgan fingerprint density at radius 3 is 2.79 bits per heavy atom. The van der Waals surface area contributed by atoms with Gasteiger partial charge in [-0.15, -0.1) is 0 Å². The standard InChI is InChI=1S/C14H22N2O3/c1-10(2)9-19-7-6-16-13-5-4-11(15)8-12(13)14(17)18-3/h4-5,8,10,16H,6-7,9,15H2,1-3H3. The van der Waals surface area contributed by atoms with Crippen molar-refractivity contribution in [3.63, 3.8) is 0 Å². The van der Waals surface area contributed by atoms with Gasteiger partial charge in [0.25, 0.3) is 0 Å². The first-order valence-corrected chi connectivity index (χ1v) is 6.34. The van der Waals surface area contributed by atoms with E-state index < -0.39 is 5.97 Å². The molecule has 0 saturated heterocycles. The quantitative estimate of drug-likeness (QED) is 0.449. The number of nitrogen functional groups attached to an aromatic ring is 1. The lowest BCUT2D eigenvalue weighted by atomic mass is 10.1. The molecule has 5 heteroatoms. The third kappa shape index (κ3) is 5.18. The molecule has 1 aromatic carbocycles. The van der Waals surface area contributed by atoms with Crippen LogP contribution in [-0.2, 0) is 9.47 Å². The van der Waals surface area contributed by atoms with E-state index >= 15 is 0 Å². The zero-order valence-corrected chi connectivity index (χ0v) is 11.7. The summed E-state index contributed by atoms with van der Waals surface area (Å²) in [6.45, 7) is 6.14. The summed E-state index contributed by atoms with van der Waals surface area (Å²) >= 11 is 0. The average Bonchev–Trinajstić information content (AvgIpc) is 2.38. The largest absolute Gasteiger partial charge is 0.465 e. The summed E-state index contributed by atoms with van der Waals surface area (Å²) in [5.74, 6) is 0.111. The van der Waals surface area contributed by atoms with E-state index in [1.54, 1.807) is 18.2 Å². The average molecular weight is 266 g/mol. The maximum Gasteiger partial charge on any atom is 0.340 e. The van der Waals surface area contributed by atoms with E-state index in [1.165, 1.54) is 7.11 Å². The van der Waals surface area contributed by atoms with E-state index in [9.17, 15) is 4.79 Å². The van der Waals surface area contributed by atoms with Crippen LogP contribution in [0.1, 0.15) is 24.2 Å². The van der Waals surface area contributed by atoms with Gasteiger partial charge in [0.2, 0.25) is 0 Å². The molecule has 0 aliphatic heterocycles. The summed E-state index contributed by atoms with van der Waals surface area (Å²) in [6.07, 6.45) is 0. The van der Waals surface area contributed by atoms with Crippen LogP contribution in [0.2, 0.25) is 0 Å². The minimum Gasteiger partial charge on any atom is -0.465 e. The number of hydrogen-bond acceptors (Lipinski definition) is 5. The molecule has 0 aliphatic rings. The summed E-state index contributed by atoms with van der Waals surface area (Å²) in [6, 6.07) is 5.11. The summed E-state index contributed by atoms with van der Waals surface area (Å²) < 4.78 is 10.2. The minimum atomic E-state index is -0.405. The van der Waals surface area contributed by atoms with E-state index in [0.717, 1.165) is 6.61 Å². The molecular formula is C14H22N2O3. The van der Waals surface area contributed by atoms with Gasteiger partial charge >= 0.3 is 5.97 Å². The Hall–Kier alpha value is -1.75. The predicted molar refractivity (Wildman–Crippen MR) is 76.3 cm³/mol. The Kier molecular flexibility index (Phi) is 6.15. The van der Waals surface area contributed by atoms with E-state index in [2.05, 4.69) is 19.2 Å². The number of rotatable bonds is 7. The highest BCUT2D eigenvalue weighted by atomic mass is 16.5. The van der Waals surface area contributed by atoms with Gasteiger partial charge in [-0.25, -0.2) is 4.79 Å². The van der Waals surface area contributed by atoms with E-state index in [1.807, 2.05) is 0 Å². The zero-order valence-electron chi connectivity index (χ0n) is 11.7. The second kappa shape index (κ2) is 7.63. The molecule has 1 rings (SSSR count). The summed E-state index contributed by atoms with van der Waals surface area (Å²) in [5, 5.41) is 3.15. The molecule has 106 valence electrons. The van der Waals surface area contributed by atoms with E-state index in [0.29, 0.717) is 36.0 Å². The number of hydrogen-bond donors (Lipinski definition) is 2. The van der Waals surface area contributed by atoms with Gasteiger partial charge < -0.3 is 20.5 Å². The van der Waals surface area contributed by atoms with Crippen LogP contribution in [0.3, 0.4) is 0 Å². The fraction of sp³-hybridized carbons (Fsp3) is 0.500. The van der Waals surface area contributed by atoms with Gasteiger partial charge in [-0.3, -0.25) is 0 Å². The van der Waals surface area contributed by atoms with Crippen molar-refractivity contribution < 1.29 is 14.3 Å². The number of esters is 1. The lowest BCUT2D eigenvalue weighted by molar-refractivity contribution is 0.0601. The van der Waals surface area contributed by atoms with Crippen LogP contribution in [0, 0.1) is 5.92 Å². The molecule has 0 unspecified atom stereocenters. The Balaban J connectivity index is 2.55. The Labute approximate surface area is 114 Å². The van der Waals surface area contributed by atoms with Gasteiger partial charge in [0.1, 0.15) is 0 Å². The number of methoxy groups -OCH3 is 1. The van der Waals surface area contributed by atoms with E-state index in [-0.39, 0.29) is 0 Å². The van der Waals surface area contributed by atoms with E-state index in [4.69, 9.17) is 15.2 Å². The normalized spacial score (nSPS) is 10.5. The number of nitrogens with two attached hydrogens (primary N) is 1. The minimum absolute atomic E-state index is 0.405. The van der Waals surface area contributed by atoms with Crippen molar-refractivity contribution in [2.75, 3.05) is 37.9 Å². The lowest BCUT2D eigenvalue weighted by Gasteiger charge is -2.12. The molecular weight excluding hydrogens is 244 g/mol. The van der Waals surface area contributed by atoms with Gasteiger partial charge in [0, 0.05) is 24.5 Å². The molecule has 0 spiro atoms. The summed E-state index contributed by atoms with van der Waals surface area (Å²) in [5.41, 5.74) is 7.34. The van der Waals surface area contributed by atoms with Crippen LogP contribution in [0.4, 0.5) is 11.4 Å². The fourth-order valence-electron chi connectivity index (χ4n) is 1.57. The number of carbonyl (C=O) groups is 1. The molecule has 19 heavy (non-hydrogen) atoms. The van der Waals surface area contributed by atoms with Crippen molar-refractivity contribution in [3.8, 4) is 0 Å². The van der Waals surface area contributed by atoms with Gasteiger partial charge in [0.15, 0.2) is 0 Å². The fourth-order valence-corrected chi connectivity index (χ4v) is 1.57. The smallest absolute Gasteiger partial charge is 0.340 e. The Morgan fingerprint density at radius 1 is 1.42 bits per heavy atom. The number of benzene rings is 1. The topological polar surface area (TPSA) is 73.6 Å². The van der Waals surface area contributed by atoms with Crippen molar-refractivity contribution in [2.24, 2.45) is 5.92 Å². The Bertz CT molecular complexity index is 419. The molecule has 0 aliphatic carbocycles.